The lowest BCUT2D eigenvalue weighted by atomic mass is 9.85. The SMILES string of the molecule is O=C(CC(F)(F)F)NCc1ccc(Cl)c(Nc2nc3nc(OCC(F)F)c(C(=O)N[C@H]4CC[C@H](C(F)(F)F)CC4)cc3[nH]2)c1Cl. The van der Waals surface area contributed by atoms with Crippen LogP contribution in [0, 0.1) is 5.92 Å². The molecule has 0 radical (unpaired) electrons. The Hall–Kier alpha value is -3.60. The van der Waals surface area contributed by atoms with E-state index in [1.807, 2.05) is 0 Å². The molecule has 0 spiro atoms. The summed E-state index contributed by atoms with van der Waals surface area (Å²) in [7, 11) is 0. The summed E-state index contributed by atoms with van der Waals surface area (Å²) in [5.41, 5.74) is 0.00667. The lowest BCUT2D eigenvalue weighted by Gasteiger charge is -2.30. The number of aromatic nitrogens is 3. The van der Waals surface area contributed by atoms with E-state index in [0.717, 1.165) is 0 Å². The summed E-state index contributed by atoms with van der Waals surface area (Å²) in [6.07, 6.45) is -13.9. The molecule has 2 aromatic heterocycles. The predicted molar refractivity (Wildman–Crippen MR) is 147 cm³/mol. The Morgan fingerprint density at radius 3 is 2.36 bits per heavy atom. The zero-order valence-corrected chi connectivity index (χ0v) is 24.3. The van der Waals surface area contributed by atoms with E-state index in [4.69, 9.17) is 27.9 Å². The van der Waals surface area contributed by atoms with Crippen molar-refractivity contribution in [1.29, 1.82) is 0 Å². The third-order valence-electron chi connectivity index (χ3n) is 6.81. The quantitative estimate of drug-likeness (QED) is 0.169. The molecule has 45 heavy (non-hydrogen) atoms. The van der Waals surface area contributed by atoms with Crippen LogP contribution < -0.4 is 20.7 Å². The first-order valence-electron chi connectivity index (χ1n) is 13.3. The molecule has 19 heteroatoms. The number of carbonyl (C=O) groups excluding carboxylic acids is 2. The average molecular weight is 691 g/mol. The molecule has 2 amide bonds. The van der Waals surface area contributed by atoms with Gasteiger partial charge in [0.25, 0.3) is 12.3 Å². The number of pyridine rings is 1. The Balaban J connectivity index is 1.54. The van der Waals surface area contributed by atoms with Crippen molar-refractivity contribution in [3.05, 3.63) is 39.4 Å². The second kappa shape index (κ2) is 13.8. The van der Waals surface area contributed by atoms with Gasteiger partial charge in [-0.15, -0.1) is 0 Å². The van der Waals surface area contributed by atoms with Crippen LogP contribution in [0.1, 0.15) is 48.0 Å². The van der Waals surface area contributed by atoms with E-state index < -0.39 is 61.5 Å². The number of hydrogen-bond donors (Lipinski definition) is 4. The first-order chi connectivity index (χ1) is 21.0. The van der Waals surface area contributed by atoms with Crippen LogP contribution in [0.4, 0.5) is 46.8 Å². The number of rotatable bonds is 10. The molecule has 0 atom stereocenters. The molecular weight excluding hydrogens is 667 g/mol. The number of halogens is 10. The predicted octanol–water partition coefficient (Wildman–Crippen LogP) is 7.07. The maximum atomic E-state index is 13.1. The lowest BCUT2D eigenvalue weighted by molar-refractivity contribution is -0.182. The first-order valence-corrected chi connectivity index (χ1v) is 14.0. The standard InChI is InChI=1S/C26H24Cl2F8N6O3/c27-15-6-1-11(9-37-18(43)8-25(31,32)33)19(28)20(15)40-24-39-16-7-14(23(41-21(16)42-24)45-10-17(29)30)22(44)38-13-4-2-12(3-5-13)26(34,35)36/h1,6-7,12-13,17H,2-5,8-10H2,(H,37,43)(H,38,44)(H2,39,40,41,42)/t12-,13-. The summed E-state index contributed by atoms with van der Waals surface area (Å²) in [4.78, 5) is 35.7. The van der Waals surface area contributed by atoms with Crippen LogP contribution in [0.5, 0.6) is 5.88 Å². The topological polar surface area (TPSA) is 121 Å². The van der Waals surface area contributed by atoms with E-state index >= 15 is 0 Å². The molecule has 0 saturated heterocycles. The Morgan fingerprint density at radius 2 is 1.73 bits per heavy atom. The van der Waals surface area contributed by atoms with E-state index in [0.29, 0.717) is 0 Å². The maximum Gasteiger partial charge on any atom is 0.397 e. The number of benzene rings is 1. The number of aromatic amines is 1. The fraction of sp³-hybridized carbons (Fsp3) is 0.462. The van der Waals surface area contributed by atoms with Crippen molar-refractivity contribution in [1.82, 2.24) is 25.6 Å². The van der Waals surface area contributed by atoms with Gasteiger partial charge in [-0.25, -0.2) is 8.78 Å². The Kier molecular flexibility index (Phi) is 10.5. The van der Waals surface area contributed by atoms with E-state index in [-0.39, 0.29) is 76.2 Å². The average Bonchev–Trinajstić information content (AvgIpc) is 3.33. The van der Waals surface area contributed by atoms with Crippen LogP contribution in [0.25, 0.3) is 11.2 Å². The van der Waals surface area contributed by atoms with Crippen molar-refractivity contribution in [2.24, 2.45) is 5.92 Å². The number of anilines is 2. The molecular formula is C26H24Cl2F8N6O3. The smallest absolute Gasteiger partial charge is 0.397 e. The zero-order chi connectivity index (χ0) is 33.1. The van der Waals surface area contributed by atoms with Crippen LogP contribution in [0.3, 0.4) is 0 Å². The second-order valence-corrected chi connectivity index (χ2v) is 10.9. The lowest BCUT2D eigenvalue weighted by Crippen LogP contribution is -2.40. The first kappa shape index (κ1) is 34.3. The molecule has 1 aliphatic carbocycles. The van der Waals surface area contributed by atoms with Crippen molar-refractivity contribution in [3.63, 3.8) is 0 Å². The second-order valence-electron chi connectivity index (χ2n) is 10.2. The molecule has 1 aliphatic rings. The fourth-order valence-corrected chi connectivity index (χ4v) is 5.16. The molecule has 3 aromatic rings. The van der Waals surface area contributed by atoms with E-state index in [1.54, 1.807) is 0 Å². The minimum absolute atomic E-state index is 0.0431. The summed E-state index contributed by atoms with van der Waals surface area (Å²) in [6.45, 7) is -1.47. The van der Waals surface area contributed by atoms with Crippen molar-refractivity contribution in [2.75, 3.05) is 11.9 Å². The van der Waals surface area contributed by atoms with Gasteiger partial charge in [0.15, 0.2) is 12.3 Å². The molecule has 1 aromatic carbocycles. The monoisotopic (exact) mass is 690 g/mol. The number of fused-ring (bicyclic) bond motifs is 1. The van der Waals surface area contributed by atoms with E-state index in [1.165, 1.54) is 18.2 Å². The van der Waals surface area contributed by atoms with Crippen LogP contribution in [-0.4, -0.2) is 58.2 Å². The van der Waals surface area contributed by atoms with Crippen LogP contribution >= 0.6 is 23.2 Å². The van der Waals surface area contributed by atoms with E-state index in [9.17, 15) is 44.7 Å². The molecule has 4 N–H and O–H groups in total. The highest BCUT2D eigenvalue weighted by molar-refractivity contribution is 6.39. The molecule has 2 heterocycles. The Morgan fingerprint density at radius 1 is 1.04 bits per heavy atom. The Labute approximate surface area is 259 Å². The number of alkyl halides is 8. The number of amides is 2. The van der Waals surface area contributed by atoms with Crippen molar-refractivity contribution >= 4 is 57.8 Å². The van der Waals surface area contributed by atoms with Gasteiger partial charge < -0.3 is 25.7 Å². The van der Waals surface area contributed by atoms with Gasteiger partial charge in [-0.2, -0.15) is 36.3 Å². The van der Waals surface area contributed by atoms with Crippen molar-refractivity contribution < 1.29 is 49.4 Å². The van der Waals surface area contributed by atoms with Crippen LogP contribution in [0.2, 0.25) is 10.0 Å². The number of nitrogens with zero attached hydrogens (tertiary/aromatic N) is 2. The third-order valence-corrected chi connectivity index (χ3v) is 7.55. The van der Waals surface area contributed by atoms with Crippen molar-refractivity contribution in [2.45, 2.75) is 63.5 Å². The highest BCUT2D eigenvalue weighted by Gasteiger charge is 2.41. The normalized spacial score (nSPS) is 17.4. The number of H-pyrrole nitrogens is 1. The van der Waals surface area contributed by atoms with E-state index in [2.05, 4.69) is 30.9 Å². The number of ether oxygens (including phenoxy) is 1. The van der Waals surface area contributed by atoms with Gasteiger partial charge in [-0.3, -0.25) is 9.59 Å². The largest absolute Gasteiger partial charge is 0.471 e. The van der Waals surface area contributed by atoms with Crippen LogP contribution in [0.15, 0.2) is 18.2 Å². The number of imidazole rings is 1. The highest BCUT2D eigenvalue weighted by Crippen LogP contribution is 2.38. The molecule has 4 rings (SSSR count). The summed E-state index contributed by atoms with van der Waals surface area (Å²) in [6, 6.07) is 3.37. The fourth-order valence-electron chi connectivity index (χ4n) is 4.63. The molecule has 0 bridgehead atoms. The van der Waals surface area contributed by atoms with Crippen LogP contribution in [-0.2, 0) is 11.3 Å². The zero-order valence-electron chi connectivity index (χ0n) is 22.8. The molecule has 9 nitrogen and oxygen atoms in total. The van der Waals surface area contributed by atoms with Crippen molar-refractivity contribution in [3.8, 4) is 5.88 Å². The van der Waals surface area contributed by atoms with Gasteiger partial charge >= 0.3 is 12.4 Å². The summed E-state index contributed by atoms with van der Waals surface area (Å²) >= 11 is 12.6. The number of hydrogen-bond acceptors (Lipinski definition) is 6. The van der Waals surface area contributed by atoms with Gasteiger partial charge in [-0.1, -0.05) is 29.3 Å². The molecule has 246 valence electrons. The van der Waals surface area contributed by atoms with Gasteiger partial charge in [0.1, 0.15) is 12.0 Å². The summed E-state index contributed by atoms with van der Waals surface area (Å²) in [5, 5.41) is 7.49. The highest BCUT2D eigenvalue weighted by atomic mass is 35.5. The Bertz CT molecular complexity index is 1540. The number of carbonyl (C=O) groups is 2. The van der Waals surface area contributed by atoms with Gasteiger partial charge in [0, 0.05) is 12.6 Å². The summed E-state index contributed by atoms with van der Waals surface area (Å²) < 4.78 is 107. The minimum Gasteiger partial charge on any atom is -0.471 e. The van der Waals surface area contributed by atoms with Gasteiger partial charge in [-0.05, 0) is 43.4 Å². The van der Waals surface area contributed by atoms with Gasteiger partial charge in [0.2, 0.25) is 17.7 Å². The number of nitrogens with one attached hydrogen (secondary N) is 4. The third kappa shape index (κ3) is 9.22. The molecule has 1 fully saturated rings. The molecule has 0 aliphatic heterocycles. The minimum atomic E-state index is -4.70. The molecule has 0 unspecified atom stereocenters. The molecule has 1 saturated carbocycles. The van der Waals surface area contributed by atoms with Gasteiger partial charge in [0.05, 0.1) is 27.2 Å². The maximum absolute atomic E-state index is 13.1. The summed E-state index contributed by atoms with van der Waals surface area (Å²) in [5.74, 6) is -4.09.